The lowest BCUT2D eigenvalue weighted by Gasteiger charge is -2.23. The molecule has 0 atom stereocenters. The van der Waals surface area contributed by atoms with Crippen molar-refractivity contribution in [3.63, 3.8) is 0 Å². The number of aromatic carboxylic acids is 1. The summed E-state index contributed by atoms with van der Waals surface area (Å²) in [5.41, 5.74) is 0.622. The Bertz CT molecular complexity index is 391. The van der Waals surface area contributed by atoms with Gasteiger partial charge in [0, 0.05) is 6.54 Å². The number of carboxylic acid groups (broad SMARTS) is 1. The Morgan fingerprint density at radius 1 is 1.53 bits per heavy atom. The molecule has 1 heterocycles. The zero-order chi connectivity index (χ0) is 12.3. The van der Waals surface area contributed by atoms with Crippen molar-refractivity contribution < 1.29 is 14.3 Å². The van der Waals surface area contributed by atoms with Crippen LogP contribution in [0.25, 0.3) is 0 Å². The molecule has 17 heavy (non-hydrogen) atoms. The first-order valence-corrected chi connectivity index (χ1v) is 6.10. The SMILES string of the molecule is CC1(CNCc2cc(C(=O)O)co2)CCCC1. The summed E-state index contributed by atoms with van der Waals surface area (Å²) < 4.78 is 5.18. The highest BCUT2D eigenvalue weighted by Gasteiger charge is 2.27. The maximum atomic E-state index is 10.7. The van der Waals surface area contributed by atoms with Crippen LogP contribution in [0.5, 0.6) is 0 Å². The minimum absolute atomic E-state index is 0.217. The van der Waals surface area contributed by atoms with Crippen LogP contribution in [-0.2, 0) is 6.54 Å². The van der Waals surface area contributed by atoms with Crippen molar-refractivity contribution in [2.45, 2.75) is 39.2 Å². The fraction of sp³-hybridized carbons (Fsp3) is 0.615. The average molecular weight is 237 g/mol. The van der Waals surface area contributed by atoms with Crippen LogP contribution in [0, 0.1) is 5.41 Å². The van der Waals surface area contributed by atoms with Gasteiger partial charge in [-0.15, -0.1) is 0 Å². The van der Waals surface area contributed by atoms with Crippen molar-refractivity contribution in [3.05, 3.63) is 23.7 Å². The molecule has 0 aliphatic heterocycles. The van der Waals surface area contributed by atoms with E-state index < -0.39 is 5.97 Å². The zero-order valence-electron chi connectivity index (χ0n) is 10.2. The fourth-order valence-corrected chi connectivity index (χ4v) is 2.48. The first-order chi connectivity index (χ1) is 8.09. The molecule has 0 unspecified atom stereocenters. The maximum Gasteiger partial charge on any atom is 0.338 e. The van der Waals surface area contributed by atoms with Crippen molar-refractivity contribution in [2.24, 2.45) is 5.41 Å². The summed E-state index contributed by atoms with van der Waals surface area (Å²) >= 11 is 0. The van der Waals surface area contributed by atoms with Gasteiger partial charge >= 0.3 is 5.97 Å². The van der Waals surface area contributed by atoms with E-state index in [4.69, 9.17) is 9.52 Å². The van der Waals surface area contributed by atoms with Gasteiger partial charge in [0.2, 0.25) is 0 Å². The van der Waals surface area contributed by atoms with E-state index in [2.05, 4.69) is 12.2 Å². The van der Waals surface area contributed by atoms with Crippen molar-refractivity contribution in [3.8, 4) is 0 Å². The Hall–Kier alpha value is -1.29. The van der Waals surface area contributed by atoms with Gasteiger partial charge in [0.05, 0.1) is 12.1 Å². The molecule has 4 heteroatoms. The molecule has 0 amide bonds. The molecule has 1 aliphatic carbocycles. The van der Waals surface area contributed by atoms with Crippen molar-refractivity contribution in [1.29, 1.82) is 0 Å². The molecule has 1 fully saturated rings. The molecular weight excluding hydrogens is 218 g/mol. The molecule has 94 valence electrons. The van der Waals surface area contributed by atoms with Crippen LogP contribution in [-0.4, -0.2) is 17.6 Å². The van der Waals surface area contributed by atoms with Gasteiger partial charge in [0.1, 0.15) is 12.0 Å². The van der Waals surface area contributed by atoms with E-state index in [0.29, 0.717) is 17.7 Å². The van der Waals surface area contributed by atoms with E-state index in [1.54, 1.807) is 6.07 Å². The smallest absolute Gasteiger partial charge is 0.338 e. The number of hydrogen-bond acceptors (Lipinski definition) is 3. The average Bonchev–Trinajstić information content (AvgIpc) is 2.88. The second-order valence-corrected chi connectivity index (χ2v) is 5.23. The van der Waals surface area contributed by atoms with E-state index in [1.807, 2.05) is 0 Å². The maximum absolute atomic E-state index is 10.7. The zero-order valence-corrected chi connectivity index (χ0v) is 10.2. The Morgan fingerprint density at radius 2 is 2.24 bits per heavy atom. The molecule has 1 aliphatic rings. The molecular formula is C13H19NO3. The number of carboxylic acids is 1. The van der Waals surface area contributed by atoms with Crippen LogP contribution in [0.3, 0.4) is 0 Å². The molecule has 0 spiro atoms. The molecule has 1 saturated carbocycles. The van der Waals surface area contributed by atoms with Gasteiger partial charge in [-0.05, 0) is 24.3 Å². The molecule has 0 radical (unpaired) electrons. The molecule has 1 aromatic rings. The van der Waals surface area contributed by atoms with E-state index in [0.717, 1.165) is 6.54 Å². The molecule has 2 N–H and O–H groups in total. The highest BCUT2D eigenvalue weighted by Crippen LogP contribution is 2.36. The Labute approximate surface area is 101 Å². The highest BCUT2D eigenvalue weighted by molar-refractivity contribution is 5.87. The fourth-order valence-electron chi connectivity index (χ4n) is 2.48. The molecule has 4 nitrogen and oxygen atoms in total. The normalized spacial score (nSPS) is 18.4. The largest absolute Gasteiger partial charge is 0.478 e. The minimum atomic E-state index is -0.942. The van der Waals surface area contributed by atoms with Crippen molar-refractivity contribution in [1.82, 2.24) is 5.32 Å². The van der Waals surface area contributed by atoms with Crippen LogP contribution in [0.1, 0.15) is 48.7 Å². The summed E-state index contributed by atoms with van der Waals surface area (Å²) in [7, 11) is 0. The lowest BCUT2D eigenvalue weighted by Crippen LogP contribution is -2.28. The first-order valence-electron chi connectivity index (χ1n) is 6.10. The summed E-state index contributed by atoms with van der Waals surface area (Å²) in [6.07, 6.45) is 6.48. The molecule has 2 rings (SSSR count). The highest BCUT2D eigenvalue weighted by atomic mass is 16.4. The Balaban J connectivity index is 1.79. The van der Waals surface area contributed by atoms with Crippen LogP contribution < -0.4 is 5.32 Å². The monoisotopic (exact) mass is 237 g/mol. The summed E-state index contributed by atoms with van der Waals surface area (Å²) in [4.78, 5) is 10.7. The molecule has 0 aromatic carbocycles. The van der Waals surface area contributed by atoms with Crippen molar-refractivity contribution in [2.75, 3.05) is 6.54 Å². The Morgan fingerprint density at radius 3 is 2.82 bits per heavy atom. The molecule has 0 saturated heterocycles. The summed E-state index contributed by atoms with van der Waals surface area (Å²) in [5.74, 6) is -0.258. The van der Waals surface area contributed by atoms with Gasteiger partial charge in [0.25, 0.3) is 0 Å². The summed E-state index contributed by atoms with van der Waals surface area (Å²) in [5, 5.41) is 12.1. The van der Waals surface area contributed by atoms with Gasteiger partial charge in [-0.2, -0.15) is 0 Å². The summed E-state index contributed by atoms with van der Waals surface area (Å²) in [6, 6.07) is 1.58. The van der Waals surface area contributed by atoms with Gasteiger partial charge in [-0.25, -0.2) is 4.79 Å². The predicted molar refractivity (Wildman–Crippen MR) is 63.9 cm³/mol. The van der Waals surface area contributed by atoms with E-state index in [9.17, 15) is 4.79 Å². The Kier molecular flexibility index (Phi) is 3.52. The quantitative estimate of drug-likeness (QED) is 0.826. The number of carbonyl (C=O) groups is 1. The van der Waals surface area contributed by atoms with Gasteiger partial charge in [0.15, 0.2) is 0 Å². The van der Waals surface area contributed by atoms with Gasteiger partial charge < -0.3 is 14.8 Å². The topological polar surface area (TPSA) is 62.5 Å². The van der Waals surface area contributed by atoms with E-state index >= 15 is 0 Å². The third-order valence-corrected chi connectivity index (χ3v) is 3.56. The van der Waals surface area contributed by atoms with Crippen LogP contribution in [0.2, 0.25) is 0 Å². The van der Waals surface area contributed by atoms with Crippen LogP contribution in [0.15, 0.2) is 16.7 Å². The minimum Gasteiger partial charge on any atom is -0.478 e. The van der Waals surface area contributed by atoms with E-state index in [1.165, 1.54) is 31.9 Å². The first kappa shape index (κ1) is 12.2. The molecule has 0 bridgehead atoms. The standard InChI is InChI=1S/C13H19NO3/c1-13(4-2-3-5-13)9-14-7-11-6-10(8-17-11)12(15)16/h6,8,14H,2-5,7,9H2,1H3,(H,15,16). The number of nitrogens with one attached hydrogen (secondary N) is 1. The molecule has 1 aromatic heterocycles. The lowest BCUT2D eigenvalue weighted by atomic mass is 9.89. The predicted octanol–water partition coefficient (Wildman–Crippen LogP) is 2.65. The van der Waals surface area contributed by atoms with Gasteiger partial charge in [-0.3, -0.25) is 0 Å². The van der Waals surface area contributed by atoms with Crippen LogP contribution >= 0.6 is 0 Å². The summed E-state index contributed by atoms with van der Waals surface area (Å²) in [6.45, 7) is 3.87. The number of rotatable bonds is 5. The van der Waals surface area contributed by atoms with Crippen LogP contribution in [0.4, 0.5) is 0 Å². The lowest BCUT2D eigenvalue weighted by molar-refractivity contribution is 0.0696. The second kappa shape index (κ2) is 4.92. The van der Waals surface area contributed by atoms with Crippen molar-refractivity contribution >= 4 is 5.97 Å². The third-order valence-electron chi connectivity index (χ3n) is 3.56. The second-order valence-electron chi connectivity index (χ2n) is 5.23. The number of hydrogen-bond donors (Lipinski definition) is 2. The van der Waals surface area contributed by atoms with Gasteiger partial charge in [-0.1, -0.05) is 19.8 Å². The van der Waals surface area contributed by atoms with E-state index in [-0.39, 0.29) is 5.56 Å². The number of furan rings is 1. The third kappa shape index (κ3) is 3.09.